The average molecular weight is 625 g/mol. The van der Waals surface area contributed by atoms with Crippen molar-refractivity contribution in [2.45, 2.75) is 11.3 Å². The minimum atomic E-state index is -4.02. The first-order valence-electron chi connectivity index (χ1n) is 14.6. The predicted molar refractivity (Wildman–Crippen MR) is 180 cm³/mol. The summed E-state index contributed by atoms with van der Waals surface area (Å²) in [6.07, 6.45) is 3.72. The molecule has 0 aliphatic carbocycles. The van der Waals surface area contributed by atoms with Crippen LogP contribution in [0.2, 0.25) is 0 Å². The molecule has 8 nitrogen and oxygen atoms in total. The summed E-state index contributed by atoms with van der Waals surface area (Å²) in [4.78, 5) is 27.1. The lowest BCUT2D eigenvalue weighted by atomic mass is 9.92. The Kier molecular flexibility index (Phi) is 7.52. The van der Waals surface area contributed by atoms with Crippen LogP contribution in [0.4, 0.5) is 5.69 Å². The quantitative estimate of drug-likeness (QED) is 0.177. The van der Waals surface area contributed by atoms with E-state index < -0.39 is 10.1 Å². The summed E-state index contributed by atoms with van der Waals surface area (Å²) >= 11 is 0. The van der Waals surface area contributed by atoms with Gasteiger partial charge in [-0.1, -0.05) is 66.7 Å². The molecule has 0 bridgehead atoms. The van der Waals surface area contributed by atoms with Crippen molar-refractivity contribution >= 4 is 43.6 Å². The average Bonchev–Trinajstić information content (AvgIpc) is 3.46. The zero-order chi connectivity index (χ0) is 31.7. The Hall–Kier alpha value is -5.80. The highest BCUT2D eigenvalue weighted by Crippen LogP contribution is 2.41. The maximum Gasteiger partial charge on any atom is 0.339 e. The Labute approximate surface area is 266 Å². The molecule has 0 spiro atoms. The van der Waals surface area contributed by atoms with Gasteiger partial charge in [-0.3, -0.25) is 9.78 Å². The lowest BCUT2D eigenvalue weighted by molar-refractivity contribution is -0.117. The SMILES string of the molecule is CN(C(=O)Cc1ccccn1)c1ccc(-c2cnc3[nH]c4ccc(OS(=O)(=O)c5ccccc5)cc4c3c2-c2ccccc2)cc1. The van der Waals surface area contributed by atoms with Crippen molar-refractivity contribution in [3.63, 3.8) is 0 Å². The number of pyridine rings is 2. The lowest BCUT2D eigenvalue weighted by Crippen LogP contribution is -2.28. The van der Waals surface area contributed by atoms with Gasteiger partial charge < -0.3 is 14.1 Å². The van der Waals surface area contributed by atoms with E-state index in [9.17, 15) is 13.2 Å². The van der Waals surface area contributed by atoms with Crippen LogP contribution in [0.1, 0.15) is 5.69 Å². The van der Waals surface area contributed by atoms with Crippen LogP contribution in [-0.2, 0) is 21.3 Å². The molecule has 1 amide bonds. The number of amides is 1. The number of aromatic amines is 1. The summed E-state index contributed by atoms with van der Waals surface area (Å²) in [5.74, 6) is 0.134. The fraction of sp³-hybridized carbons (Fsp3) is 0.0541. The van der Waals surface area contributed by atoms with Gasteiger partial charge in [0, 0.05) is 58.2 Å². The zero-order valence-electron chi connectivity index (χ0n) is 24.8. The molecule has 0 unspecified atom stereocenters. The molecule has 1 N–H and O–H groups in total. The molecule has 0 radical (unpaired) electrons. The van der Waals surface area contributed by atoms with E-state index >= 15 is 0 Å². The maximum absolute atomic E-state index is 13.0. The number of carbonyl (C=O) groups excluding carboxylic acids is 1. The van der Waals surface area contributed by atoms with Crippen LogP contribution in [-0.4, -0.2) is 36.3 Å². The number of benzene rings is 4. The summed E-state index contributed by atoms with van der Waals surface area (Å²) < 4.78 is 31.6. The highest BCUT2D eigenvalue weighted by atomic mass is 32.2. The summed E-state index contributed by atoms with van der Waals surface area (Å²) in [5.41, 5.74) is 6.64. The second-order valence-corrected chi connectivity index (χ2v) is 12.4. The van der Waals surface area contributed by atoms with Crippen LogP contribution >= 0.6 is 0 Å². The third-order valence-corrected chi connectivity index (χ3v) is 9.15. The predicted octanol–water partition coefficient (Wildman–Crippen LogP) is 7.42. The van der Waals surface area contributed by atoms with Crippen molar-refractivity contribution in [3.8, 4) is 28.0 Å². The Morgan fingerprint density at radius 3 is 2.24 bits per heavy atom. The van der Waals surface area contributed by atoms with Crippen molar-refractivity contribution in [2.75, 3.05) is 11.9 Å². The largest absolute Gasteiger partial charge is 0.379 e. The number of carbonyl (C=O) groups is 1. The third kappa shape index (κ3) is 5.60. The van der Waals surface area contributed by atoms with Gasteiger partial charge in [0.2, 0.25) is 5.91 Å². The molecule has 0 saturated carbocycles. The van der Waals surface area contributed by atoms with Gasteiger partial charge in [0.1, 0.15) is 16.3 Å². The van der Waals surface area contributed by atoms with Gasteiger partial charge in [0.25, 0.3) is 0 Å². The van der Waals surface area contributed by atoms with E-state index in [1.807, 2.05) is 79.0 Å². The smallest absolute Gasteiger partial charge is 0.339 e. The Balaban J connectivity index is 1.30. The first-order chi connectivity index (χ1) is 22.4. The summed E-state index contributed by atoms with van der Waals surface area (Å²) in [5, 5.41) is 1.62. The first kappa shape index (κ1) is 28.9. The molecular weight excluding hydrogens is 596 g/mol. The van der Waals surface area contributed by atoms with E-state index in [-0.39, 0.29) is 23.0 Å². The molecule has 3 heterocycles. The molecule has 0 saturated heterocycles. The van der Waals surface area contributed by atoms with Crippen LogP contribution < -0.4 is 9.08 Å². The molecule has 0 atom stereocenters. The molecule has 0 fully saturated rings. The lowest BCUT2D eigenvalue weighted by Gasteiger charge is -2.18. The molecule has 7 rings (SSSR count). The minimum Gasteiger partial charge on any atom is -0.379 e. The number of anilines is 1. The first-order valence-corrected chi connectivity index (χ1v) is 16.0. The minimum absolute atomic E-state index is 0.0643. The number of likely N-dealkylation sites (N-methyl/N-ethyl adjacent to an activating group) is 1. The molecule has 46 heavy (non-hydrogen) atoms. The topological polar surface area (TPSA) is 105 Å². The summed E-state index contributed by atoms with van der Waals surface area (Å²) in [7, 11) is -2.27. The number of aromatic nitrogens is 3. The monoisotopic (exact) mass is 624 g/mol. The number of rotatable bonds is 8. The van der Waals surface area contributed by atoms with E-state index in [2.05, 4.69) is 9.97 Å². The number of nitrogens with one attached hydrogen (secondary N) is 1. The van der Waals surface area contributed by atoms with E-state index in [0.717, 1.165) is 44.2 Å². The van der Waals surface area contributed by atoms with Gasteiger partial charge >= 0.3 is 10.1 Å². The number of hydrogen-bond acceptors (Lipinski definition) is 6. The molecule has 9 heteroatoms. The fourth-order valence-electron chi connectivity index (χ4n) is 5.56. The molecule has 4 aromatic carbocycles. The summed E-state index contributed by atoms with van der Waals surface area (Å²) in [6.45, 7) is 0. The molecular formula is C37H28N4O4S. The molecule has 0 aliphatic heterocycles. The summed E-state index contributed by atoms with van der Waals surface area (Å²) in [6, 6.07) is 36.5. The number of H-pyrrole nitrogens is 1. The number of hydrogen-bond donors (Lipinski definition) is 1. The van der Waals surface area contributed by atoms with Crippen LogP contribution in [0.3, 0.4) is 0 Å². The van der Waals surface area contributed by atoms with E-state index in [4.69, 9.17) is 9.17 Å². The van der Waals surface area contributed by atoms with Gasteiger partial charge in [-0.05, 0) is 65.7 Å². The van der Waals surface area contributed by atoms with E-state index in [1.165, 1.54) is 12.1 Å². The van der Waals surface area contributed by atoms with Gasteiger partial charge in [-0.25, -0.2) is 4.98 Å². The Bertz CT molecular complexity index is 2290. The van der Waals surface area contributed by atoms with Crippen LogP contribution in [0.15, 0.2) is 139 Å². The maximum atomic E-state index is 13.0. The molecule has 226 valence electrons. The van der Waals surface area contributed by atoms with Crippen molar-refractivity contribution < 1.29 is 17.4 Å². The van der Waals surface area contributed by atoms with Gasteiger partial charge in [0.15, 0.2) is 0 Å². The van der Waals surface area contributed by atoms with E-state index in [1.54, 1.807) is 54.5 Å². The van der Waals surface area contributed by atoms with Gasteiger partial charge in [-0.2, -0.15) is 8.42 Å². The van der Waals surface area contributed by atoms with Gasteiger partial charge in [0.05, 0.1) is 6.42 Å². The van der Waals surface area contributed by atoms with Crippen LogP contribution in [0.25, 0.3) is 44.2 Å². The van der Waals surface area contributed by atoms with Crippen molar-refractivity contribution in [1.82, 2.24) is 15.0 Å². The Morgan fingerprint density at radius 2 is 1.52 bits per heavy atom. The third-order valence-electron chi connectivity index (χ3n) is 7.89. The van der Waals surface area contributed by atoms with Crippen molar-refractivity contribution in [1.29, 1.82) is 0 Å². The van der Waals surface area contributed by atoms with Crippen LogP contribution in [0.5, 0.6) is 5.75 Å². The standard InChI is InChI=1S/C37H28N4O4S/c1-41(34(42)22-27-12-8-9-21-38-27)28-17-15-25(16-18-28)32-24-39-37-36(35(32)26-10-4-2-5-11-26)31-23-29(19-20-33(31)40-37)45-46(43,44)30-13-6-3-7-14-30/h2-21,23-24H,22H2,1H3,(H,39,40). The highest BCUT2D eigenvalue weighted by molar-refractivity contribution is 7.87. The Morgan fingerprint density at radius 1 is 0.804 bits per heavy atom. The van der Waals surface area contributed by atoms with Crippen molar-refractivity contribution in [2.24, 2.45) is 0 Å². The molecule has 0 aliphatic rings. The molecule has 7 aromatic rings. The second kappa shape index (κ2) is 11.9. The van der Waals surface area contributed by atoms with Gasteiger partial charge in [-0.15, -0.1) is 0 Å². The zero-order valence-corrected chi connectivity index (χ0v) is 25.6. The highest BCUT2D eigenvalue weighted by Gasteiger charge is 2.21. The number of nitrogens with zero attached hydrogens (tertiary/aromatic N) is 3. The van der Waals surface area contributed by atoms with Crippen LogP contribution in [0, 0.1) is 0 Å². The van der Waals surface area contributed by atoms with Crippen molar-refractivity contribution in [3.05, 3.63) is 139 Å². The number of fused-ring (bicyclic) bond motifs is 3. The van der Waals surface area contributed by atoms with E-state index in [0.29, 0.717) is 11.3 Å². The second-order valence-electron chi connectivity index (χ2n) is 10.8. The normalized spacial score (nSPS) is 11.5. The molecule has 3 aromatic heterocycles. The fourth-order valence-corrected chi connectivity index (χ4v) is 6.50.